The molecule has 0 saturated carbocycles. The number of benzene rings is 2. The van der Waals surface area contributed by atoms with Crippen molar-refractivity contribution >= 4 is 22.5 Å². The minimum atomic E-state index is -0.686. The lowest BCUT2D eigenvalue weighted by Gasteiger charge is -2.35. The number of Topliss-reactive ketones (excluding diaryl/α,β-unsaturated/α-hetero) is 2. The monoisotopic (exact) mass is 360 g/mol. The lowest BCUT2D eigenvalue weighted by Crippen LogP contribution is -2.50. The molecule has 5 nitrogen and oxygen atoms in total. The van der Waals surface area contributed by atoms with Crippen molar-refractivity contribution < 1.29 is 14.3 Å². The predicted octanol–water partition coefficient (Wildman–Crippen LogP) is 3.23. The maximum Gasteiger partial charge on any atom is 0.203 e. The van der Waals surface area contributed by atoms with Gasteiger partial charge in [0.05, 0.1) is 18.8 Å². The van der Waals surface area contributed by atoms with Gasteiger partial charge in [0.25, 0.3) is 0 Å². The van der Waals surface area contributed by atoms with Crippen LogP contribution >= 0.6 is 0 Å². The average molecular weight is 360 g/mol. The predicted molar refractivity (Wildman–Crippen MR) is 102 cm³/mol. The number of hydrogen-bond donors (Lipinski definition) is 0. The fourth-order valence-corrected chi connectivity index (χ4v) is 4.49. The van der Waals surface area contributed by atoms with E-state index in [9.17, 15) is 9.59 Å². The SMILES string of the molecule is COc1ccc(CN2CC3CC(=O)C2C(=O)c2cc4ccccc4n23)cc1. The number of para-hydroxylation sites is 1. The molecule has 0 spiro atoms. The lowest BCUT2D eigenvalue weighted by atomic mass is 9.94. The van der Waals surface area contributed by atoms with E-state index in [4.69, 9.17) is 4.74 Å². The number of fused-ring (bicyclic) bond motifs is 3. The van der Waals surface area contributed by atoms with E-state index in [0.717, 1.165) is 22.2 Å². The smallest absolute Gasteiger partial charge is 0.203 e. The molecule has 27 heavy (non-hydrogen) atoms. The van der Waals surface area contributed by atoms with Crippen LogP contribution < -0.4 is 4.74 Å². The van der Waals surface area contributed by atoms with Gasteiger partial charge in [0.15, 0.2) is 5.78 Å². The van der Waals surface area contributed by atoms with Gasteiger partial charge >= 0.3 is 0 Å². The van der Waals surface area contributed by atoms with Gasteiger partial charge in [0.1, 0.15) is 11.8 Å². The molecule has 2 unspecified atom stereocenters. The molecule has 0 aliphatic carbocycles. The van der Waals surface area contributed by atoms with Gasteiger partial charge < -0.3 is 9.30 Å². The van der Waals surface area contributed by atoms with E-state index in [1.54, 1.807) is 7.11 Å². The van der Waals surface area contributed by atoms with Gasteiger partial charge in [-0.05, 0) is 29.8 Å². The molecule has 5 heteroatoms. The fourth-order valence-electron chi connectivity index (χ4n) is 4.49. The third-order valence-electron chi connectivity index (χ3n) is 5.71. The summed E-state index contributed by atoms with van der Waals surface area (Å²) in [5.74, 6) is 0.743. The molecule has 6 rings (SSSR count). The van der Waals surface area contributed by atoms with Crippen molar-refractivity contribution in [2.75, 3.05) is 13.7 Å². The molecule has 0 radical (unpaired) electrons. The summed E-state index contributed by atoms with van der Waals surface area (Å²) in [5, 5.41) is 1.06. The Balaban J connectivity index is 1.54. The van der Waals surface area contributed by atoms with Gasteiger partial charge in [-0.25, -0.2) is 0 Å². The van der Waals surface area contributed by atoms with Crippen LogP contribution in [-0.2, 0) is 11.3 Å². The number of carbonyl (C=O) groups excluding carboxylic acids is 2. The third-order valence-corrected chi connectivity index (χ3v) is 5.71. The number of ether oxygens (including phenoxy) is 1. The van der Waals surface area contributed by atoms with Crippen LogP contribution in [0.15, 0.2) is 54.6 Å². The number of ketones is 2. The van der Waals surface area contributed by atoms with Gasteiger partial charge in [-0.3, -0.25) is 14.5 Å². The Morgan fingerprint density at radius 1 is 1.07 bits per heavy atom. The Morgan fingerprint density at radius 2 is 1.85 bits per heavy atom. The zero-order valence-corrected chi connectivity index (χ0v) is 15.1. The molecular formula is C22H20N2O3. The van der Waals surface area contributed by atoms with Crippen molar-refractivity contribution in [2.24, 2.45) is 0 Å². The third kappa shape index (κ3) is 2.50. The van der Waals surface area contributed by atoms with Gasteiger partial charge in [-0.1, -0.05) is 30.3 Å². The molecule has 2 atom stereocenters. The Morgan fingerprint density at radius 3 is 2.63 bits per heavy atom. The highest BCUT2D eigenvalue weighted by Gasteiger charge is 2.45. The molecule has 3 aliphatic heterocycles. The molecule has 136 valence electrons. The summed E-state index contributed by atoms with van der Waals surface area (Å²) in [7, 11) is 1.64. The van der Waals surface area contributed by atoms with Gasteiger partial charge in [-0.15, -0.1) is 0 Å². The first-order chi connectivity index (χ1) is 13.2. The fraction of sp³-hybridized carbons (Fsp3) is 0.273. The summed E-state index contributed by atoms with van der Waals surface area (Å²) >= 11 is 0. The summed E-state index contributed by atoms with van der Waals surface area (Å²) in [6, 6.07) is 17.1. The highest BCUT2D eigenvalue weighted by atomic mass is 16.5. The van der Waals surface area contributed by atoms with Crippen molar-refractivity contribution in [3.63, 3.8) is 0 Å². The van der Waals surface area contributed by atoms with E-state index in [-0.39, 0.29) is 17.6 Å². The Kier molecular flexibility index (Phi) is 3.65. The van der Waals surface area contributed by atoms with Gasteiger partial charge in [0.2, 0.25) is 5.78 Å². The molecule has 0 amide bonds. The molecule has 1 aromatic heterocycles. The Hall–Kier alpha value is -2.92. The summed E-state index contributed by atoms with van der Waals surface area (Å²) in [6.07, 6.45) is 0.418. The average Bonchev–Trinajstić information content (AvgIpc) is 2.99. The van der Waals surface area contributed by atoms with Crippen molar-refractivity contribution in [3.05, 3.63) is 65.9 Å². The first-order valence-electron chi connectivity index (χ1n) is 9.19. The van der Waals surface area contributed by atoms with Crippen molar-refractivity contribution in [1.82, 2.24) is 9.47 Å². The van der Waals surface area contributed by atoms with E-state index in [1.165, 1.54) is 0 Å². The van der Waals surface area contributed by atoms with Crippen LogP contribution in [0.4, 0.5) is 0 Å². The van der Waals surface area contributed by atoms with Crippen LogP contribution in [0.5, 0.6) is 5.75 Å². The lowest BCUT2D eigenvalue weighted by molar-refractivity contribution is -0.126. The van der Waals surface area contributed by atoms with Crippen LogP contribution in [0.25, 0.3) is 10.9 Å². The molecule has 4 heterocycles. The molecule has 1 fully saturated rings. The zero-order valence-electron chi connectivity index (χ0n) is 15.1. The summed E-state index contributed by atoms with van der Waals surface area (Å²) in [4.78, 5) is 28.1. The number of nitrogens with zero attached hydrogens (tertiary/aromatic N) is 2. The number of hydrogen-bond acceptors (Lipinski definition) is 4. The normalized spacial score (nSPS) is 22.1. The molecule has 2 aromatic carbocycles. The van der Waals surface area contributed by atoms with Crippen LogP contribution in [0.2, 0.25) is 0 Å². The molecule has 3 aromatic rings. The number of carbonyl (C=O) groups is 2. The Bertz CT molecular complexity index is 1050. The van der Waals surface area contributed by atoms with Crippen LogP contribution in [0, 0.1) is 0 Å². The second-order valence-electron chi connectivity index (χ2n) is 7.33. The van der Waals surface area contributed by atoms with Crippen molar-refractivity contribution in [2.45, 2.75) is 25.0 Å². The van der Waals surface area contributed by atoms with Crippen molar-refractivity contribution in [1.29, 1.82) is 0 Å². The van der Waals surface area contributed by atoms with E-state index in [1.807, 2.05) is 59.5 Å². The number of aromatic nitrogens is 1. The van der Waals surface area contributed by atoms with E-state index in [0.29, 0.717) is 25.2 Å². The zero-order chi connectivity index (χ0) is 18.5. The molecule has 1 saturated heterocycles. The number of piperidine rings is 1. The highest BCUT2D eigenvalue weighted by Crippen LogP contribution is 2.36. The molecular weight excluding hydrogens is 340 g/mol. The highest BCUT2D eigenvalue weighted by molar-refractivity contribution is 6.16. The van der Waals surface area contributed by atoms with Crippen LogP contribution in [0.1, 0.15) is 28.5 Å². The first-order valence-corrected chi connectivity index (χ1v) is 9.19. The standard InChI is InChI=1S/C22H20N2O3/c1-27-17-8-6-14(7-9-17)12-23-13-16-11-20(25)21(23)22(26)19-10-15-4-2-3-5-18(15)24(16)19/h2-10,16,21H,11-13H2,1H3. The maximum atomic E-state index is 13.3. The van der Waals surface area contributed by atoms with Gasteiger partial charge in [0, 0.05) is 30.4 Å². The summed E-state index contributed by atoms with van der Waals surface area (Å²) in [6.45, 7) is 1.27. The van der Waals surface area contributed by atoms with Crippen molar-refractivity contribution in [3.8, 4) is 5.75 Å². The summed E-state index contributed by atoms with van der Waals surface area (Å²) in [5.41, 5.74) is 2.76. The largest absolute Gasteiger partial charge is 0.497 e. The minimum Gasteiger partial charge on any atom is -0.497 e. The Labute approximate surface area is 157 Å². The minimum absolute atomic E-state index is 0.00616. The van der Waals surface area contributed by atoms with Crippen LogP contribution in [0.3, 0.4) is 0 Å². The number of rotatable bonds is 3. The van der Waals surface area contributed by atoms with Gasteiger partial charge in [-0.2, -0.15) is 0 Å². The number of methoxy groups -OCH3 is 1. The maximum absolute atomic E-state index is 13.3. The second kappa shape index (κ2) is 6.06. The van der Waals surface area contributed by atoms with E-state index in [2.05, 4.69) is 4.57 Å². The van der Waals surface area contributed by atoms with E-state index < -0.39 is 6.04 Å². The molecule has 3 aliphatic rings. The van der Waals surface area contributed by atoms with E-state index >= 15 is 0 Å². The van der Waals surface area contributed by atoms with Crippen LogP contribution in [-0.4, -0.2) is 40.7 Å². The molecule has 0 N–H and O–H groups in total. The first kappa shape index (κ1) is 16.3. The molecule has 2 bridgehead atoms. The second-order valence-corrected chi connectivity index (χ2v) is 7.33. The quantitative estimate of drug-likeness (QED) is 0.673. The summed E-state index contributed by atoms with van der Waals surface area (Å²) < 4.78 is 7.30. The topological polar surface area (TPSA) is 51.5 Å².